The smallest absolute Gasteiger partial charge is 0.328 e. The number of nitrogens with one attached hydrogen (secondary N) is 1. The Hall–Kier alpha value is -1.19. The third-order valence-corrected chi connectivity index (χ3v) is 3.75. The van der Waals surface area contributed by atoms with Crippen LogP contribution in [0.15, 0.2) is 11.5 Å². The SMILES string of the molecule is COC(=O)[C@H]1CC2CCCCC2=C(OC(C)(C)C)N1. The van der Waals surface area contributed by atoms with Crippen LogP contribution < -0.4 is 5.32 Å². The predicted molar refractivity (Wildman–Crippen MR) is 73.4 cm³/mol. The molecule has 1 N–H and O–H groups in total. The van der Waals surface area contributed by atoms with E-state index in [4.69, 9.17) is 9.47 Å². The molecule has 0 aromatic rings. The topological polar surface area (TPSA) is 47.6 Å². The van der Waals surface area contributed by atoms with Crippen LogP contribution in [-0.2, 0) is 14.3 Å². The Morgan fingerprint density at radius 2 is 2.05 bits per heavy atom. The number of esters is 1. The first kappa shape index (κ1) is 14.2. The quantitative estimate of drug-likeness (QED) is 0.782. The molecule has 0 spiro atoms. The normalized spacial score (nSPS) is 27.4. The van der Waals surface area contributed by atoms with Gasteiger partial charge >= 0.3 is 5.97 Å². The van der Waals surface area contributed by atoms with Gasteiger partial charge < -0.3 is 14.8 Å². The lowest BCUT2D eigenvalue weighted by Crippen LogP contribution is -2.45. The number of rotatable bonds is 2. The monoisotopic (exact) mass is 267 g/mol. The summed E-state index contributed by atoms with van der Waals surface area (Å²) in [6.45, 7) is 6.09. The highest BCUT2D eigenvalue weighted by Crippen LogP contribution is 2.38. The van der Waals surface area contributed by atoms with Crippen LogP contribution in [0.3, 0.4) is 0 Å². The van der Waals surface area contributed by atoms with Gasteiger partial charge in [-0.2, -0.15) is 0 Å². The number of hydrogen-bond donors (Lipinski definition) is 1. The van der Waals surface area contributed by atoms with Gasteiger partial charge in [0.05, 0.1) is 7.11 Å². The number of ether oxygens (including phenoxy) is 2. The summed E-state index contributed by atoms with van der Waals surface area (Å²) < 4.78 is 10.9. The molecule has 1 fully saturated rings. The first-order chi connectivity index (χ1) is 8.90. The van der Waals surface area contributed by atoms with Crippen molar-refractivity contribution < 1.29 is 14.3 Å². The van der Waals surface area contributed by atoms with Crippen molar-refractivity contribution in [2.75, 3.05) is 7.11 Å². The molecule has 1 aliphatic carbocycles. The van der Waals surface area contributed by atoms with Gasteiger partial charge in [-0.1, -0.05) is 6.42 Å². The molecule has 1 saturated carbocycles. The molecular weight excluding hydrogens is 242 g/mol. The highest BCUT2D eigenvalue weighted by atomic mass is 16.5. The van der Waals surface area contributed by atoms with Crippen LogP contribution in [0, 0.1) is 5.92 Å². The van der Waals surface area contributed by atoms with E-state index in [-0.39, 0.29) is 17.6 Å². The van der Waals surface area contributed by atoms with E-state index in [0.717, 1.165) is 25.1 Å². The molecule has 2 atom stereocenters. The van der Waals surface area contributed by atoms with Crippen molar-refractivity contribution in [2.24, 2.45) is 5.92 Å². The van der Waals surface area contributed by atoms with Crippen LogP contribution in [0.1, 0.15) is 52.9 Å². The summed E-state index contributed by atoms with van der Waals surface area (Å²) in [6.07, 6.45) is 5.52. The van der Waals surface area contributed by atoms with Gasteiger partial charge in [0.15, 0.2) is 5.88 Å². The van der Waals surface area contributed by atoms with Crippen molar-refractivity contribution in [3.8, 4) is 0 Å². The van der Waals surface area contributed by atoms with Crippen LogP contribution in [0.2, 0.25) is 0 Å². The summed E-state index contributed by atoms with van der Waals surface area (Å²) in [6, 6.07) is -0.269. The molecule has 0 amide bonds. The first-order valence-electron chi connectivity index (χ1n) is 7.17. The van der Waals surface area contributed by atoms with Gasteiger partial charge in [0.25, 0.3) is 0 Å². The molecule has 0 radical (unpaired) electrons. The number of fused-ring (bicyclic) bond motifs is 1. The Bertz CT molecular complexity index is 381. The number of carbonyl (C=O) groups excluding carboxylic acids is 1. The van der Waals surface area contributed by atoms with Gasteiger partial charge in [-0.05, 0) is 57.9 Å². The zero-order chi connectivity index (χ0) is 14.0. The molecule has 2 rings (SSSR count). The molecular formula is C15H25NO3. The second-order valence-corrected chi connectivity index (χ2v) is 6.47. The Morgan fingerprint density at radius 3 is 2.68 bits per heavy atom. The Morgan fingerprint density at radius 1 is 1.32 bits per heavy atom. The molecule has 4 nitrogen and oxygen atoms in total. The lowest BCUT2D eigenvalue weighted by molar-refractivity contribution is -0.144. The van der Waals surface area contributed by atoms with E-state index >= 15 is 0 Å². The van der Waals surface area contributed by atoms with Crippen LogP contribution in [0.25, 0.3) is 0 Å². The van der Waals surface area contributed by atoms with Gasteiger partial charge in [0, 0.05) is 0 Å². The second-order valence-electron chi connectivity index (χ2n) is 6.47. The van der Waals surface area contributed by atoms with Gasteiger partial charge in [-0.15, -0.1) is 0 Å². The molecule has 1 unspecified atom stereocenters. The van der Waals surface area contributed by atoms with E-state index in [1.807, 2.05) is 20.8 Å². The predicted octanol–water partition coefficient (Wildman–Crippen LogP) is 2.74. The third kappa shape index (κ3) is 3.43. The minimum Gasteiger partial charge on any atom is -0.474 e. The molecule has 19 heavy (non-hydrogen) atoms. The summed E-state index contributed by atoms with van der Waals surface area (Å²) in [7, 11) is 1.44. The highest BCUT2D eigenvalue weighted by molar-refractivity contribution is 5.76. The maximum Gasteiger partial charge on any atom is 0.328 e. The molecule has 1 heterocycles. The summed E-state index contributed by atoms with van der Waals surface area (Å²) in [5, 5.41) is 3.24. The van der Waals surface area contributed by atoms with Crippen molar-refractivity contribution in [1.29, 1.82) is 0 Å². The summed E-state index contributed by atoms with van der Waals surface area (Å²) in [5.41, 5.74) is 1.11. The number of methoxy groups -OCH3 is 1. The number of carbonyl (C=O) groups is 1. The van der Waals surface area contributed by atoms with Gasteiger partial charge in [-0.3, -0.25) is 0 Å². The molecule has 0 bridgehead atoms. The molecule has 1 aliphatic heterocycles. The van der Waals surface area contributed by atoms with Gasteiger partial charge in [-0.25, -0.2) is 4.79 Å². The van der Waals surface area contributed by atoms with E-state index < -0.39 is 0 Å². The maximum atomic E-state index is 11.8. The van der Waals surface area contributed by atoms with E-state index in [2.05, 4.69) is 5.32 Å². The van der Waals surface area contributed by atoms with Crippen LogP contribution in [0.5, 0.6) is 0 Å². The van der Waals surface area contributed by atoms with Crippen molar-refractivity contribution in [3.63, 3.8) is 0 Å². The van der Waals surface area contributed by atoms with E-state index in [1.54, 1.807) is 0 Å². The lowest BCUT2D eigenvalue weighted by Gasteiger charge is -2.38. The van der Waals surface area contributed by atoms with Gasteiger partial charge in [0.2, 0.25) is 0 Å². The maximum absolute atomic E-state index is 11.8. The largest absolute Gasteiger partial charge is 0.474 e. The first-order valence-corrected chi connectivity index (χ1v) is 7.17. The van der Waals surface area contributed by atoms with E-state index in [9.17, 15) is 4.79 Å². The molecule has 108 valence electrons. The fraction of sp³-hybridized carbons (Fsp3) is 0.800. The zero-order valence-corrected chi connectivity index (χ0v) is 12.4. The fourth-order valence-electron chi connectivity index (χ4n) is 2.94. The molecule has 0 aromatic carbocycles. The Balaban J connectivity index is 2.22. The summed E-state index contributed by atoms with van der Waals surface area (Å²) >= 11 is 0. The molecule has 0 saturated heterocycles. The zero-order valence-electron chi connectivity index (χ0n) is 12.4. The minimum atomic E-state index is -0.269. The Kier molecular flexibility index (Phi) is 4.07. The highest BCUT2D eigenvalue weighted by Gasteiger charge is 2.36. The van der Waals surface area contributed by atoms with Crippen molar-refractivity contribution in [2.45, 2.75) is 64.5 Å². The van der Waals surface area contributed by atoms with E-state index in [1.165, 1.54) is 25.5 Å². The van der Waals surface area contributed by atoms with Crippen LogP contribution in [0.4, 0.5) is 0 Å². The Labute approximate surface area is 115 Å². The molecule has 4 heteroatoms. The average Bonchev–Trinajstić information content (AvgIpc) is 2.36. The average molecular weight is 267 g/mol. The molecule has 0 aromatic heterocycles. The van der Waals surface area contributed by atoms with E-state index in [0.29, 0.717) is 5.92 Å². The third-order valence-electron chi connectivity index (χ3n) is 3.75. The number of hydrogen-bond acceptors (Lipinski definition) is 4. The van der Waals surface area contributed by atoms with Crippen LogP contribution in [-0.4, -0.2) is 24.7 Å². The minimum absolute atomic E-state index is 0.195. The molecule has 2 aliphatic rings. The van der Waals surface area contributed by atoms with Gasteiger partial charge in [0.1, 0.15) is 11.6 Å². The van der Waals surface area contributed by atoms with Crippen molar-refractivity contribution >= 4 is 5.97 Å². The summed E-state index contributed by atoms with van der Waals surface area (Å²) in [4.78, 5) is 11.8. The fourth-order valence-corrected chi connectivity index (χ4v) is 2.94. The van der Waals surface area contributed by atoms with Crippen LogP contribution >= 0.6 is 0 Å². The lowest BCUT2D eigenvalue weighted by atomic mass is 9.78. The van der Waals surface area contributed by atoms with Crippen molar-refractivity contribution in [1.82, 2.24) is 5.32 Å². The van der Waals surface area contributed by atoms with Crippen molar-refractivity contribution in [3.05, 3.63) is 11.5 Å². The summed E-state index contributed by atoms with van der Waals surface area (Å²) in [5.74, 6) is 1.09. The number of allylic oxidation sites excluding steroid dienone is 1. The standard InChI is InChI=1S/C15H25NO3/c1-15(2,3)19-13-11-8-6-5-7-10(11)9-12(16-13)14(17)18-4/h10,12,16H,5-9H2,1-4H3/t10?,12-/m1/s1. The second kappa shape index (κ2) is 5.43.